The molecule has 3 N–H and O–H groups in total. The van der Waals surface area contributed by atoms with Gasteiger partial charge in [0.2, 0.25) is 0 Å². The average molecular weight is 291 g/mol. The van der Waals surface area contributed by atoms with Gasteiger partial charge in [-0.2, -0.15) is 0 Å². The van der Waals surface area contributed by atoms with Crippen molar-refractivity contribution in [1.29, 1.82) is 0 Å². The minimum atomic E-state index is -0.728. The lowest BCUT2D eigenvalue weighted by molar-refractivity contribution is 0.0861. The summed E-state index contributed by atoms with van der Waals surface area (Å²) in [5, 5.41) is 11.4. The van der Waals surface area contributed by atoms with Crippen LogP contribution in [0.5, 0.6) is 5.75 Å². The Bertz CT molecular complexity index is 605. The third-order valence-corrected chi connectivity index (χ3v) is 3.71. The number of fused-ring (bicyclic) bond motifs is 1. The summed E-state index contributed by atoms with van der Waals surface area (Å²) in [6, 6.07) is 5.57. The maximum Gasteiger partial charge on any atom is 0.145 e. The highest BCUT2D eigenvalue weighted by molar-refractivity contribution is 5.85. The van der Waals surface area contributed by atoms with Gasteiger partial charge in [0.1, 0.15) is 12.0 Å². The maximum atomic E-state index is 10.3. The van der Waals surface area contributed by atoms with Gasteiger partial charge in [-0.05, 0) is 51.2 Å². The van der Waals surface area contributed by atoms with Gasteiger partial charge in [-0.15, -0.1) is 0 Å². The number of aromatic nitrogens is 1. The Morgan fingerprint density at radius 2 is 2.10 bits per heavy atom. The highest BCUT2D eigenvalue weighted by Crippen LogP contribution is 2.29. The van der Waals surface area contributed by atoms with Crippen molar-refractivity contribution in [1.82, 2.24) is 9.47 Å². The molecule has 116 valence electrons. The molecule has 0 saturated carbocycles. The molecule has 1 aromatic heterocycles. The fourth-order valence-electron chi connectivity index (χ4n) is 2.45. The monoisotopic (exact) mass is 291 g/mol. The second-order valence-electron chi connectivity index (χ2n) is 5.77. The molecule has 0 aliphatic heterocycles. The number of hydrogen-bond donors (Lipinski definition) is 2. The van der Waals surface area contributed by atoms with E-state index in [1.807, 2.05) is 29.0 Å². The van der Waals surface area contributed by atoms with E-state index in [-0.39, 0.29) is 6.04 Å². The lowest BCUT2D eigenvalue weighted by Gasteiger charge is -2.17. The number of likely N-dealkylation sites (N-methyl/N-ethyl adjacent to an activating group) is 1. The highest BCUT2D eigenvalue weighted by Gasteiger charge is 2.17. The van der Waals surface area contributed by atoms with Crippen LogP contribution in [-0.2, 0) is 6.42 Å². The minimum Gasteiger partial charge on any atom is -0.497 e. The van der Waals surface area contributed by atoms with Crippen LogP contribution >= 0.6 is 0 Å². The van der Waals surface area contributed by atoms with Crippen LogP contribution in [0, 0.1) is 0 Å². The lowest BCUT2D eigenvalue weighted by atomic mass is 10.1. The third-order valence-electron chi connectivity index (χ3n) is 3.71. The maximum absolute atomic E-state index is 10.3. The van der Waals surface area contributed by atoms with E-state index in [0.29, 0.717) is 0 Å². The van der Waals surface area contributed by atoms with Crippen molar-refractivity contribution in [2.24, 2.45) is 5.73 Å². The summed E-state index contributed by atoms with van der Waals surface area (Å²) < 4.78 is 7.16. The first-order chi connectivity index (χ1) is 9.93. The van der Waals surface area contributed by atoms with E-state index in [1.165, 1.54) is 5.56 Å². The molecule has 5 heteroatoms. The van der Waals surface area contributed by atoms with Gasteiger partial charge in [-0.1, -0.05) is 0 Å². The van der Waals surface area contributed by atoms with E-state index in [1.54, 1.807) is 14.0 Å². The van der Waals surface area contributed by atoms with Crippen molar-refractivity contribution in [3.05, 3.63) is 30.0 Å². The Morgan fingerprint density at radius 1 is 1.38 bits per heavy atom. The second kappa shape index (κ2) is 6.47. The van der Waals surface area contributed by atoms with Gasteiger partial charge in [-0.3, -0.25) is 0 Å². The summed E-state index contributed by atoms with van der Waals surface area (Å²) >= 11 is 0. The Balaban J connectivity index is 2.50. The molecule has 0 radical (unpaired) electrons. The summed E-state index contributed by atoms with van der Waals surface area (Å²) in [7, 11) is 5.77. The van der Waals surface area contributed by atoms with Crippen molar-refractivity contribution in [3.63, 3.8) is 0 Å². The van der Waals surface area contributed by atoms with Gasteiger partial charge in [0, 0.05) is 24.2 Å². The van der Waals surface area contributed by atoms with Crippen LogP contribution in [0.1, 0.15) is 18.7 Å². The number of hydrogen-bond acceptors (Lipinski definition) is 4. The molecule has 0 amide bonds. The standard InChI is InChI=1S/C16H25N3O2/c1-11(17)16(20)19-10-12(7-8-18(2)3)14-9-13(21-4)5-6-15(14)19/h5-6,9-11,16,20H,7-8,17H2,1-4H3. The Labute approximate surface area is 125 Å². The predicted molar refractivity (Wildman–Crippen MR) is 85.7 cm³/mol. The number of aliphatic hydroxyl groups excluding tert-OH is 1. The number of benzene rings is 1. The minimum absolute atomic E-state index is 0.329. The van der Waals surface area contributed by atoms with Gasteiger partial charge in [0.25, 0.3) is 0 Å². The number of nitrogens with zero attached hydrogens (tertiary/aromatic N) is 2. The molecule has 0 saturated heterocycles. The number of rotatable bonds is 6. The largest absolute Gasteiger partial charge is 0.497 e. The van der Waals surface area contributed by atoms with E-state index >= 15 is 0 Å². The number of ether oxygens (including phenoxy) is 1. The van der Waals surface area contributed by atoms with Gasteiger partial charge in [0.05, 0.1) is 12.6 Å². The van der Waals surface area contributed by atoms with Crippen molar-refractivity contribution in [2.45, 2.75) is 25.6 Å². The van der Waals surface area contributed by atoms with Crippen molar-refractivity contribution in [3.8, 4) is 5.75 Å². The zero-order valence-corrected chi connectivity index (χ0v) is 13.2. The molecule has 0 spiro atoms. The smallest absolute Gasteiger partial charge is 0.145 e. The molecule has 21 heavy (non-hydrogen) atoms. The Morgan fingerprint density at radius 3 is 2.67 bits per heavy atom. The molecule has 0 aliphatic rings. The van der Waals surface area contributed by atoms with E-state index in [0.717, 1.165) is 29.6 Å². The van der Waals surface area contributed by atoms with Crippen LogP contribution in [0.25, 0.3) is 10.9 Å². The Kier molecular flexibility index (Phi) is 4.88. The lowest BCUT2D eigenvalue weighted by Crippen LogP contribution is -2.28. The third kappa shape index (κ3) is 3.37. The molecular formula is C16H25N3O2. The SMILES string of the molecule is COc1ccc2c(c1)c(CCN(C)C)cn2C(O)C(C)N. The van der Waals surface area contributed by atoms with Crippen LogP contribution in [-0.4, -0.2) is 48.4 Å². The summed E-state index contributed by atoms with van der Waals surface area (Å²) in [5.74, 6) is 0.821. The fourth-order valence-corrected chi connectivity index (χ4v) is 2.45. The van der Waals surface area contributed by atoms with Crippen LogP contribution in [0.2, 0.25) is 0 Å². The molecular weight excluding hydrogens is 266 g/mol. The van der Waals surface area contributed by atoms with Gasteiger partial charge in [-0.25, -0.2) is 0 Å². The molecule has 0 aliphatic carbocycles. The molecule has 2 rings (SSSR count). The molecule has 2 aromatic rings. The van der Waals surface area contributed by atoms with Crippen molar-refractivity contribution < 1.29 is 9.84 Å². The van der Waals surface area contributed by atoms with E-state index in [2.05, 4.69) is 19.0 Å². The predicted octanol–water partition coefficient (Wildman–Crippen LogP) is 1.59. The number of methoxy groups -OCH3 is 1. The number of aliphatic hydroxyl groups is 1. The van der Waals surface area contributed by atoms with Crippen LogP contribution < -0.4 is 10.5 Å². The van der Waals surface area contributed by atoms with Crippen LogP contribution in [0.3, 0.4) is 0 Å². The Hall–Kier alpha value is -1.56. The molecule has 0 bridgehead atoms. The summed E-state index contributed by atoms with van der Waals surface area (Å²) in [4.78, 5) is 2.14. The van der Waals surface area contributed by atoms with Gasteiger partial charge in [0.15, 0.2) is 0 Å². The molecule has 0 fully saturated rings. The van der Waals surface area contributed by atoms with E-state index in [9.17, 15) is 5.11 Å². The normalized spacial score (nSPS) is 14.6. The van der Waals surface area contributed by atoms with Crippen LogP contribution in [0.4, 0.5) is 0 Å². The molecule has 5 nitrogen and oxygen atoms in total. The quantitative estimate of drug-likeness (QED) is 0.848. The molecule has 1 heterocycles. The first kappa shape index (κ1) is 15.8. The molecule has 1 aromatic carbocycles. The molecule has 2 unspecified atom stereocenters. The van der Waals surface area contributed by atoms with Crippen LogP contribution in [0.15, 0.2) is 24.4 Å². The van der Waals surface area contributed by atoms with Gasteiger partial charge < -0.3 is 25.0 Å². The topological polar surface area (TPSA) is 63.6 Å². The zero-order chi connectivity index (χ0) is 15.6. The first-order valence-corrected chi connectivity index (χ1v) is 7.20. The van der Waals surface area contributed by atoms with E-state index in [4.69, 9.17) is 10.5 Å². The first-order valence-electron chi connectivity index (χ1n) is 7.20. The fraction of sp³-hybridized carbons (Fsp3) is 0.500. The second-order valence-corrected chi connectivity index (χ2v) is 5.77. The van der Waals surface area contributed by atoms with Gasteiger partial charge >= 0.3 is 0 Å². The van der Waals surface area contributed by atoms with Crippen molar-refractivity contribution in [2.75, 3.05) is 27.7 Å². The summed E-state index contributed by atoms with van der Waals surface area (Å²) in [6.07, 6.45) is 2.19. The summed E-state index contributed by atoms with van der Waals surface area (Å²) in [6.45, 7) is 2.75. The zero-order valence-electron chi connectivity index (χ0n) is 13.2. The van der Waals surface area contributed by atoms with Crippen molar-refractivity contribution >= 4 is 10.9 Å². The average Bonchev–Trinajstić information content (AvgIpc) is 2.81. The summed E-state index contributed by atoms with van der Waals surface area (Å²) in [5.41, 5.74) is 8.02. The highest BCUT2D eigenvalue weighted by atomic mass is 16.5. The number of nitrogens with two attached hydrogens (primary N) is 1. The van der Waals surface area contributed by atoms with E-state index < -0.39 is 6.23 Å². The molecule has 2 atom stereocenters.